The molecule has 34 heavy (non-hydrogen) atoms. The summed E-state index contributed by atoms with van der Waals surface area (Å²) < 4.78 is 16.9. The Morgan fingerprint density at radius 3 is 2.24 bits per heavy atom. The second-order valence-electron chi connectivity index (χ2n) is 8.02. The van der Waals surface area contributed by atoms with Gasteiger partial charge in [-0.05, 0) is 60.4 Å². The van der Waals surface area contributed by atoms with Gasteiger partial charge in [-0.15, -0.1) is 0 Å². The molecular formula is C27H30N2O5. The molecule has 2 amide bonds. The quantitative estimate of drug-likeness (QED) is 0.344. The van der Waals surface area contributed by atoms with E-state index in [1.165, 1.54) is 0 Å². The highest BCUT2D eigenvalue weighted by Crippen LogP contribution is 2.27. The van der Waals surface area contributed by atoms with Crippen molar-refractivity contribution in [1.82, 2.24) is 10.9 Å². The molecule has 0 heterocycles. The second kappa shape index (κ2) is 12.3. The molecule has 7 nitrogen and oxygen atoms in total. The lowest BCUT2D eigenvalue weighted by Gasteiger charge is -2.15. The number of carbonyl (C=O) groups excluding carboxylic acids is 2. The fourth-order valence-electron chi connectivity index (χ4n) is 3.18. The number of nitrogens with one attached hydrogen (secondary N) is 2. The Morgan fingerprint density at radius 1 is 0.794 bits per heavy atom. The van der Waals surface area contributed by atoms with E-state index in [1.54, 1.807) is 24.3 Å². The van der Waals surface area contributed by atoms with Crippen molar-refractivity contribution in [1.29, 1.82) is 0 Å². The molecule has 0 saturated carbocycles. The summed E-state index contributed by atoms with van der Waals surface area (Å²) in [5.74, 6) is 1.30. The summed E-state index contributed by atoms with van der Waals surface area (Å²) in [6, 6.07) is 22.0. The molecule has 0 unspecified atom stereocenters. The van der Waals surface area contributed by atoms with Crippen LogP contribution in [-0.4, -0.2) is 31.6 Å². The van der Waals surface area contributed by atoms with E-state index in [0.29, 0.717) is 30.3 Å². The van der Waals surface area contributed by atoms with Crippen LogP contribution in [0.4, 0.5) is 0 Å². The van der Waals surface area contributed by atoms with Gasteiger partial charge < -0.3 is 14.2 Å². The SMILES string of the molecule is Cc1ccc(C(C)C)c(OCC(=O)NNC(=O)c2cccc(OCCOc3ccccc3)c2)c1. The molecule has 0 radical (unpaired) electrons. The molecule has 3 aromatic carbocycles. The van der Waals surface area contributed by atoms with E-state index < -0.39 is 11.8 Å². The van der Waals surface area contributed by atoms with Crippen molar-refractivity contribution in [3.63, 3.8) is 0 Å². The maximum atomic E-state index is 12.4. The molecule has 0 fully saturated rings. The van der Waals surface area contributed by atoms with Gasteiger partial charge in [0.25, 0.3) is 11.8 Å². The van der Waals surface area contributed by atoms with E-state index in [9.17, 15) is 9.59 Å². The van der Waals surface area contributed by atoms with Gasteiger partial charge in [0.2, 0.25) is 0 Å². The van der Waals surface area contributed by atoms with Crippen LogP contribution in [0.2, 0.25) is 0 Å². The van der Waals surface area contributed by atoms with Crippen LogP contribution in [0.25, 0.3) is 0 Å². The van der Waals surface area contributed by atoms with Gasteiger partial charge in [-0.25, -0.2) is 0 Å². The van der Waals surface area contributed by atoms with E-state index in [-0.39, 0.29) is 12.5 Å². The first-order valence-electron chi connectivity index (χ1n) is 11.2. The number of rotatable bonds is 10. The van der Waals surface area contributed by atoms with Gasteiger partial charge in [-0.1, -0.05) is 50.2 Å². The normalized spacial score (nSPS) is 10.5. The van der Waals surface area contributed by atoms with Gasteiger partial charge >= 0.3 is 0 Å². The van der Waals surface area contributed by atoms with Gasteiger partial charge in [-0.3, -0.25) is 20.4 Å². The van der Waals surface area contributed by atoms with Gasteiger partial charge in [0.1, 0.15) is 30.5 Å². The van der Waals surface area contributed by atoms with Crippen molar-refractivity contribution >= 4 is 11.8 Å². The molecule has 0 aliphatic carbocycles. The van der Waals surface area contributed by atoms with E-state index in [4.69, 9.17) is 14.2 Å². The summed E-state index contributed by atoms with van der Waals surface area (Å²) in [4.78, 5) is 24.6. The molecule has 7 heteroatoms. The molecule has 0 aliphatic rings. The summed E-state index contributed by atoms with van der Waals surface area (Å²) in [5.41, 5.74) is 7.20. The third-order valence-corrected chi connectivity index (χ3v) is 4.93. The molecule has 0 atom stereocenters. The number of hydrogen-bond donors (Lipinski definition) is 2. The highest BCUT2D eigenvalue weighted by Gasteiger charge is 2.12. The van der Waals surface area contributed by atoms with Crippen LogP contribution < -0.4 is 25.1 Å². The third-order valence-electron chi connectivity index (χ3n) is 4.93. The average Bonchev–Trinajstić information content (AvgIpc) is 2.84. The van der Waals surface area contributed by atoms with Crippen molar-refractivity contribution in [3.8, 4) is 17.2 Å². The zero-order chi connectivity index (χ0) is 24.3. The summed E-state index contributed by atoms with van der Waals surface area (Å²) in [7, 11) is 0. The smallest absolute Gasteiger partial charge is 0.276 e. The summed E-state index contributed by atoms with van der Waals surface area (Å²) in [6.45, 7) is 6.57. The van der Waals surface area contributed by atoms with Crippen molar-refractivity contribution in [2.24, 2.45) is 0 Å². The number of carbonyl (C=O) groups is 2. The molecule has 178 valence electrons. The van der Waals surface area contributed by atoms with Gasteiger partial charge in [-0.2, -0.15) is 0 Å². The van der Waals surface area contributed by atoms with E-state index in [0.717, 1.165) is 16.9 Å². The number of amides is 2. The van der Waals surface area contributed by atoms with Crippen LogP contribution in [-0.2, 0) is 4.79 Å². The molecule has 3 aromatic rings. The van der Waals surface area contributed by atoms with Crippen molar-refractivity contribution in [2.75, 3.05) is 19.8 Å². The number of benzene rings is 3. The first-order chi connectivity index (χ1) is 16.4. The Labute approximate surface area is 200 Å². The largest absolute Gasteiger partial charge is 0.490 e. The lowest BCUT2D eigenvalue weighted by molar-refractivity contribution is -0.123. The van der Waals surface area contributed by atoms with Crippen LogP contribution in [0, 0.1) is 6.92 Å². The Kier molecular flexibility index (Phi) is 8.91. The third kappa shape index (κ3) is 7.55. The van der Waals surface area contributed by atoms with Crippen LogP contribution in [0.15, 0.2) is 72.8 Å². The monoisotopic (exact) mass is 462 g/mol. The molecule has 0 saturated heterocycles. The Balaban J connectivity index is 1.44. The van der Waals surface area contributed by atoms with Crippen LogP contribution in [0.3, 0.4) is 0 Å². The predicted octanol–water partition coefficient (Wildman–Crippen LogP) is 4.42. The average molecular weight is 463 g/mol. The van der Waals surface area contributed by atoms with Crippen molar-refractivity contribution in [3.05, 3.63) is 89.5 Å². The molecule has 0 bridgehead atoms. The predicted molar refractivity (Wildman–Crippen MR) is 130 cm³/mol. The Hall–Kier alpha value is -4.00. The number of para-hydroxylation sites is 1. The Morgan fingerprint density at radius 2 is 1.50 bits per heavy atom. The van der Waals surface area contributed by atoms with Crippen LogP contribution in [0.5, 0.6) is 17.2 Å². The molecule has 2 N–H and O–H groups in total. The lowest BCUT2D eigenvalue weighted by Crippen LogP contribution is -2.43. The molecule has 3 rings (SSSR count). The van der Waals surface area contributed by atoms with Gasteiger partial charge in [0, 0.05) is 5.56 Å². The molecular weight excluding hydrogens is 432 g/mol. The first-order valence-corrected chi connectivity index (χ1v) is 11.2. The second-order valence-corrected chi connectivity index (χ2v) is 8.02. The number of aryl methyl sites for hydroxylation is 1. The van der Waals surface area contributed by atoms with Crippen LogP contribution in [0.1, 0.15) is 41.3 Å². The number of hydrazine groups is 1. The summed E-state index contributed by atoms with van der Waals surface area (Å²) in [6.07, 6.45) is 0. The van der Waals surface area contributed by atoms with Crippen molar-refractivity contribution < 1.29 is 23.8 Å². The fourth-order valence-corrected chi connectivity index (χ4v) is 3.18. The highest BCUT2D eigenvalue weighted by molar-refractivity contribution is 5.95. The van der Waals surface area contributed by atoms with Gasteiger partial charge in [0.05, 0.1) is 0 Å². The lowest BCUT2D eigenvalue weighted by atomic mass is 10.0. The topological polar surface area (TPSA) is 85.9 Å². The number of hydrogen-bond acceptors (Lipinski definition) is 5. The maximum absolute atomic E-state index is 12.4. The number of ether oxygens (including phenoxy) is 3. The molecule has 0 aliphatic heterocycles. The molecule has 0 aromatic heterocycles. The minimum absolute atomic E-state index is 0.214. The minimum Gasteiger partial charge on any atom is -0.490 e. The molecule has 0 spiro atoms. The van der Waals surface area contributed by atoms with E-state index >= 15 is 0 Å². The maximum Gasteiger partial charge on any atom is 0.276 e. The first kappa shape index (κ1) is 24.6. The van der Waals surface area contributed by atoms with Crippen LogP contribution >= 0.6 is 0 Å². The summed E-state index contributed by atoms with van der Waals surface area (Å²) >= 11 is 0. The zero-order valence-corrected chi connectivity index (χ0v) is 19.7. The minimum atomic E-state index is -0.463. The Bertz CT molecular complexity index is 1100. The highest BCUT2D eigenvalue weighted by atomic mass is 16.5. The summed E-state index contributed by atoms with van der Waals surface area (Å²) in [5, 5.41) is 0. The zero-order valence-electron chi connectivity index (χ0n) is 19.7. The van der Waals surface area contributed by atoms with Gasteiger partial charge in [0.15, 0.2) is 6.61 Å². The van der Waals surface area contributed by atoms with E-state index in [1.807, 2.05) is 55.5 Å². The fraction of sp³-hybridized carbons (Fsp3) is 0.259. The van der Waals surface area contributed by atoms with E-state index in [2.05, 4.69) is 24.7 Å². The standard InChI is InChI=1S/C27H30N2O5/c1-19(2)24-13-12-20(3)16-25(24)34-18-26(30)28-29-27(31)21-8-7-11-23(17-21)33-15-14-32-22-9-5-4-6-10-22/h4-13,16-17,19H,14-15,18H2,1-3H3,(H,28,30)(H,29,31). The van der Waals surface area contributed by atoms with Crippen molar-refractivity contribution in [2.45, 2.75) is 26.7 Å².